The van der Waals surface area contributed by atoms with Crippen molar-refractivity contribution in [2.24, 2.45) is 4.99 Å². The molecule has 0 fully saturated rings. The Bertz CT molecular complexity index is 1430. The van der Waals surface area contributed by atoms with Gasteiger partial charge in [-0.25, -0.2) is 9.79 Å². The fourth-order valence-corrected chi connectivity index (χ4v) is 4.92. The van der Waals surface area contributed by atoms with Crippen LogP contribution in [-0.4, -0.2) is 28.4 Å². The number of carbonyl (C=O) groups is 1. The molecule has 1 aromatic heterocycles. The Morgan fingerprint density at radius 2 is 1.97 bits per heavy atom. The van der Waals surface area contributed by atoms with Crippen LogP contribution in [0.1, 0.15) is 44.9 Å². The molecule has 4 rings (SSSR count). The predicted molar refractivity (Wildman–Crippen MR) is 131 cm³/mol. The number of phenolic OH excluding ortho intramolecular Hbond substituents is 1. The zero-order valence-electron chi connectivity index (χ0n) is 19.4. The van der Waals surface area contributed by atoms with Crippen molar-refractivity contribution in [3.63, 3.8) is 0 Å². The van der Waals surface area contributed by atoms with Crippen LogP contribution in [0.25, 0.3) is 6.08 Å². The molecule has 0 saturated carbocycles. The number of thiazole rings is 1. The number of esters is 1. The number of benzene rings is 2. The van der Waals surface area contributed by atoms with E-state index in [1.165, 1.54) is 15.9 Å². The van der Waals surface area contributed by atoms with E-state index in [0.29, 0.717) is 31.9 Å². The summed E-state index contributed by atoms with van der Waals surface area (Å²) in [5.41, 5.74) is 2.01. The second kappa shape index (κ2) is 9.69. The Labute approximate surface area is 200 Å². The standard InChI is InChI=1S/C26H26N2O5S/c1-5-32-25(31)22-16(4)27-26-28(23(22)18-9-11-20(12-10-18)33-15(2)3)24(30)21(34-26)14-17-7-6-8-19(29)13-17/h6-15,23,29H,5H2,1-4H3/b21-14+/t23-/m1/s1. The lowest BCUT2D eigenvalue weighted by molar-refractivity contribution is -0.139. The number of aromatic hydroxyl groups is 1. The summed E-state index contributed by atoms with van der Waals surface area (Å²) in [6, 6.07) is 13.3. The number of carbonyl (C=O) groups excluding carboxylic acids is 1. The Kier molecular flexibility index (Phi) is 6.70. The zero-order valence-corrected chi connectivity index (χ0v) is 20.3. The van der Waals surface area contributed by atoms with Crippen LogP contribution in [0, 0.1) is 0 Å². The summed E-state index contributed by atoms with van der Waals surface area (Å²) in [6.07, 6.45) is 1.74. The maximum absolute atomic E-state index is 13.6. The van der Waals surface area contributed by atoms with E-state index in [-0.39, 0.29) is 24.0 Å². The second-order valence-electron chi connectivity index (χ2n) is 8.13. The van der Waals surface area contributed by atoms with Crippen molar-refractivity contribution in [1.29, 1.82) is 0 Å². The highest BCUT2D eigenvalue weighted by Crippen LogP contribution is 2.31. The Morgan fingerprint density at radius 3 is 2.62 bits per heavy atom. The third kappa shape index (κ3) is 4.68. The van der Waals surface area contributed by atoms with Crippen LogP contribution in [0.15, 0.2) is 69.6 Å². The van der Waals surface area contributed by atoms with E-state index in [1.807, 2.05) is 38.1 Å². The van der Waals surface area contributed by atoms with Gasteiger partial charge in [-0.05, 0) is 69.2 Å². The molecule has 0 bridgehead atoms. The SMILES string of the molecule is CCOC(=O)C1=C(C)N=c2s/c(=C/c3cccc(O)c3)c(=O)n2[C@@H]1c1ccc(OC(C)C)cc1. The minimum absolute atomic E-state index is 0.0261. The van der Waals surface area contributed by atoms with Crippen LogP contribution in [0.4, 0.5) is 0 Å². The molecule has 176 valence electrons. The van der Waals surface area contributed by atoms with E-state index >= 15 is 0 Å². The van der Waals surface area contributed by atoms with E-state index in [0.717, 1.165) is 5.56 Å². The normalized spacial score (nSPS) is 15.8. The van der Waals surface area contributed by atoms with Crippen molar-refractivity contribution < 1.29 is 19.4 Å². The van der Waals surface area contributed by atoms with Gasteiger partial charge in [-0.3, -0.25) is 9.36 Å². The minimum atomic E-state index is -0.685. The smallest absolute Gasteiger partial charge is 0.338 e. The number of nitrogens with zero attached hydrogens (tertiary/aromatic N) is 2. The van der Waals surface area contributed by atoms with Crippen LogP contribution in [0.2, 0.25) is 0 Å². The molecule has 0 amide bonds. The average Bonchev–Trinajstić information content (AvgIpc) is 3.07. The topological polar surface area (TPSA) is 90.1 Å². The van der Waals surface area contributed by atoms with Crippen molar-refractivity contribution in [3.05, 3.63) is 90.6 Å². The fraction of sp³-hybridized carbons (Fsp3) is 0.269. The van der Waals surface area contributed by atoms with Gasteiger partial charge in [0.25, 0.3) is 5.56 Å². The number of ether oxygens (including phenoxy) is 2. The summed E-state index contributed by atoms with van der Waals surface area (Å²) in [5, 5.41) is 9.78. The molecule has 3 aromatic rings. The van der Waals surface area contributed by atoms with Crippen LogP contribution in [0.3, 0.4) is 0 Å². The highest BCUT2D eigenvalue weighted by Gasteiger charge is 2.33. The number of allylic oxidation sites excluding steroid dienone is 1. The molecule has 0 unspecified atom stereocenters. The van der Waals surface area contributed by atoms with Gasteiger partial charge in [0.1, 0.15) is 11.5 Å². The number of aromatic nitrogens is 1. The van der Waals surface area contributed by atoms with Gasteiger partial charge in [-0.2, -0.15) is 0 Å². The van der Waals surface area contributed by atoms with Crippen molar-refractivity contribution in [1.82, 2.24) is 4.57 Å². The van der Waals surface area contributed by atoms with E-state index in [4.69, 9.17) is 9.47 Å². The summed E-state index contributed by atoms with van der Waals surface area (Å²) in [4.78, 5) is 31.6. The highest BCUT2D eigenvalue weighted by molar-refractivity contribution is 7.07. The third-order valence-corrected chi connectivity index (χ3v) is 6.24. The molecule has 7 nitrogen and oxygen atoms in total. The van der Waals surface area contributed by atoms with Gasteiger partial charge < -0.3 is 14.6 Å². The molecule has 0 aliphatic carbocycles. The van der Waals surface area contributed by atoms with Gasteiger partial charge in [0.15, 0.2) is 4.80 Å². The summed E-state index contributed by atoms with van der Waals surface area (Å²) in [7, 11) is 0. The van der Waals surface area contributed by atoms with E-state index < -0.39 is 12.0 Å². The van der Waals surface area contributed by atoms with E-state index in [2.05, 4.69) is 4.99 Å². The summed E-state index contributed by atoms with van der Waals surface area (Å²) < 4.78 is 13.1. The second-order valence-corrected chi connectivity index (χ2v) is 9.14. The van der Waals surface area contributed by atoms with Crippen LogP contribution in [-0.2, 0) is 9.53 Å². The minimum Gasteiger partial charge on any atom is -0.508 e. The lowest BCUT2D eigenvalue weighted by atomic mass is 9.96. The number of hydrogen-bond acceptors (Lipinski definition) is 7. The Morgan fingerprint density at radius 1 is 1.24 bits per heavy atom. The van der Waals surface area contributed by atoms with Gasteiger partial charge >= 0.3 is 5.97 Å². The lowest BCUT2D eigenvalue weighted by Crippen LogP contribution is -2.39. The number of phenols is 1. The summed E-state index contributed by atoms with van der Waals surface area (Å²) in [5.74, 6) is 0.315. The third-order valence-electron chi connectivity index (χ3n) is 5.25. The Balaban J connectivity index is 1.90. The van der Waals surface area contributed by atoms with Crippen molar-refractivity contribution in [2.45, 2.75) is 39.8 Å². The number of rotatable bonds is 6. The Hall–Kier alpha value is -3.65. The van der Waals surface area contributed by atoms with E-state index in [1.54, 1.807) is 44.2 Å². The molecule has 2 aromatic carbocycles. The molecular formula is C26H26N2O5S. The van der Waals surface area contributed by atoms with Crippen molar-refractivity contribution >= 4 is 23.4 Å². The van der Waals surface area contributed by atoms with Crippen molar-refractivity contribution in [3.8, 4) is 11.5 Å². The first-order valence-electron chi connectivity index (χ1n) is 11.0. The van der Waals surface area contributed by atoms with Crippen LogP contribution in [0.5, 0.6) is 11.5 Å². The molecule has 34 heavy (non-hydrogen) atoms. The molecule has 0 saturated heterocycles. The molecule has 1 N–H and O–H groups in total. The first-order chi connectivity index (χ1) is 16.3. The fourth-order valence-electron chi connectivity index (χ4n) is 3.87. The quantitative estimate of drug-likeness (QED) is 0.549. The first-order valence-corrected chi connectivity index (χ1v) is 11.9. The number of fused-ring (bicyclic) bond motifs is 1. The molecule has 8 heteroatoms. The van der Waals surface area contributed by atoms with Crippen LogP contribution < -0.4 is 19.6 Å². The molecular weight excluding hydrogens is 452 g/mol. The van der Waals surface area contributed by atoms with Gasteiger partial charge in [0, 0.05) is 0 Å². The van der Waals surface area contributed by atoms with E-state index in [9.17, 15) is 14.7 Å². The number of hydrogen-bond donors (Lipinski definition) is 1. The summed E-state index contributed by atoms with van der Waals surface area (Å²) in [6.45, 7) is 7.60. The molecule has 1 aliphatic heterocycles. The van der Waals surface area contributed by atoms with Crippen LogP contribution >= 0.6 is 11.3 Å². The average molecular weight is 479 g/mol. The van der Waals surface area contributed by atoms with Crippen molar-refractivity contribution in [2.75, 3.05) is 6.61 Å². The molecule has 1 aliphatic rings. The molecule has 2 heterocycles. The molecule has 0 radical (unpaired) electrons. The van der Waals surface area contributed by atoms with Gasteiger partial charge in [-0.1, -0.05) is 35.6 Å². The predicted octanol–water partition coefficient (Wildman–Crippen LogP) is 3.29. The lowest BCUT2D eigenvalue weighted by Gasteiger charge is -2.25. The summed E-state index contributed by atoms with van der Waals surface area (Å²) >= 11 is 1.24. The molecule has 0 spiro atoms. The largest absolute Gasteiger partial charge is 0.508 e. The van der Waals surface area contributed by atoms with Gasteiger partial charge in [0.2, 0.25) is 0 Å². The zero-order chi connectivity index (χ0) is 24.4. The highest BCUT2D eigenvalue weighted by atomic mass is 32.1. The maximum Gasteiger partial charge on any atom is 0.338 e. The molecule has 1 atom stereocenters. The first kappa shape index (κ1) is 23.5. The monoisotopic (exact) mass is 478 g/mol. The van der Waals surface area contributed by atoms with Gasteiger partial charge in [0.05, 0.1) is 34.6 Å². The maximum atomic E-state index is 13.6. The van der Waals surface area contributed by atoms with Gasteiger partial charge in [-0.15, -0.1) is 0 Å².